The second kappa shape index (κ2) is 5.01. The van der Waals surface area contributed by atoms with E-state index >= 15 is 0 Å². The Hall–Kier alpha value is -1.88. The zero-order valence-electron chi connectivity index (χ0n) is 10.1. The van der Waals surface area contributed by atoms with E-state index in [1.54, 1.807) is 0 Å². The molecule has 0 bridgehead atoms. The van der Waals surface area contributed by atoms with Crippen LogP contribution in [0, 0.1) is 12.3 Å². The first-order chi connectivity index (χ1) is 9.02. The number of H-pyrrole nitrogens is 1. The molecule has 3 atom stereocenters. The Labute approximate surface area is 108 Å². The van der Waals surface area contributed by atoms with Crippen molar-refractivity contribution in [3.05, 3.63) is 33.1 Å². The van der Waals surface area contributed by atoms with Gasteiger partial charge in [-0.05, 0) is 0 Å². The van der Waals surface area contributed by atoms with E-state index in [4.69, 9.17) is 16.3 Å². The minimum absolute atomic E-state index is 0.0342. The summed E-state index contributed by atoms with van der Waals surface area (Å²) in [7, 11) is 0. The summed E-state index contributed by atoms with van der Waals surface area (Å²) in [4.78, 5) is 25.0. The highest BCUT2D eigenvalue weighted by Gasteiger charge is 2.47. The highest BCUT2D eigenvalue weighted by molar-refractivity contribution is 5.02. The van der Waals surface area contributed by atoms with Crippen LogP contribution in [0.1, 0.15) is 12.8 Å². The summed E-state index contributed by atoms with van der Waals surface area (Å²) >= 11 is 0. The third-order valence-electron chi connectivity index (χ3n) is 3.15. The fraction of sp³-hybridized carbons (Fsp3) is 0.500. The van der Waals surface area contributed by atoms with Crippen molar-refractivity contribution in [1.29, 1.82) is 0 Å². The number of nitrogens with zero attached hydrogens (tertiary/aromatic N) is 1. The van der Waals surface area contributed by atoms with Crippen molar-refractivity contribution in [3.8, 4) is 12.3 Å². The lowest BCUT2D eigenvalue weighted by Gasteiger charge is -2.28. The number of terminal acetylenes is 1. The van der Waals surface area contributed by atoms with E-state index in [9.17, 15) is 14.7 Å². The molecule has 1 aliphatic heterocycles. The number of hydrogen-bond acceptors (Lipinski definition) is 5. The predicted molar refractivity (Wildman–Crippen MR) is 65.3 cm³/mol. The maximum atomic E-state index is 11.8. The number of aliphatic hydroxyl groups excluding tert-OH is 2. The van der Waals surface area contributed by atoms with E-state index in [1.165, 1.54) is 12.3 Å². The second-order valence-electron chi connectivity index (χ2n) is 4.42. The smallest absolute Gasteiger partial charge is 0.330 e. The van der Waals surface area contributed by atoms with Crippen LogP contribution in [-0.2, 0) is 10.5 Å². The number of aromatic nitrogens is 2. The van der Waals surface area contributed by atoms with Gasteiger partial charge in [-0.2, -0.15) is 0 Å². The van der Waals surface area contributed by atoms with Crippen LogP contribution < -0.4 is 11.2 Å². The number of aromatic amines is 1. The molecule has 2 heterocycles. The molecule has 19 heavy (non-hydrogen) atoms. The van der Waals surface area contributed by atoms with E-state index in [2.05, 4.69) is 10.9 Å². The molecule has 1 fully saturated rings. The molecule has 1 aromatic heterocycles. The van der Waals surface area contributed by atoms with Crippen LogP contribution in [0.2, 0.25) is 0 Å². The Balaban J connectivity index is 2.50. The van der Waals surface area contributed by atoms with Gasteiger partial charge in [0, 0.05) is 18.7 Å². The van der Waals surface area contributed by atoms with Gasteiger partial charge >= 0.3 is 5.69 Å². The van der Waals surface area contributed by atoms with Crippen molar-refractivity contribution in [2.24, 2.45) is 0 Å². The van der Waals surface area contributed by atoms with Crippen molar-refractivity contribution < 1.29 is 14.9 Å². The number of ether oxygens (including phenoxy) is 1. The molecule has 0 unspecified atom stereocenters. The lowest BCUT2D eigenvalue weighted by molar-refractivity contribution is -0.116. The van der Waals surface area contributed by atoms with Gasteiger partial charge in [-0.3, -0.25) is 14.3 Å². The normalized spacial score (nSPS) is 30.2. The lowest BCUT2D eigenvalue weighted by atomic mass is 10.0. The SMILES string of the molecule is C#CC[C@]1(n2ccc(=O)[nH]c2=O)C[C@H](O)[C@@H](CO)O1. The quantitative estimate of drug-likeness (QED) is 0.569. The van der Waals surface area contributed by atoms with Crippen LogP contribution in [0.15, 0.2) is 21.9 Å². The second-order valence-corrected chi connectivity index (χ2v) is 4.42. The molecule has 0 aromatic carbocycles. The molecule has 0 spiro atoms. The van der Waals surface area contributed by atoms with Crippen LogP contribution in [0.25, 0.3) is 0 Å². The van der Waals surface area contributed by atoms with E-state index < -0.39 is 29.2 Å². The van der Waals surface area contributed by atoms with Crippen molar-refractivity contribution >= 4 is 0 Å². The van der Waals surface area contributed by atoms with Gasteiger partial charge in [0.25, 0.3) is 5.56 Å². The predicted octanol–water partition coefficient (Wildman–Crippen LogP) is -1.65. The fourth-order valence-electron chi connectivity index (χ4n) is 2.28. The Morgan fingerprint density at radius 3 is 2.89 bits per heavy atom. The molecule has 102 valence electrons. The van der Waals surface area contributed by atoms with Crippen molar-refractivity contribution in [3.63, 3.8) is 0 Å². The zero-order chi connectivity index (χ0) is 14.0. The van der Waals surface area contributed by atoms with Crippen LogP contribution in [0.5, 0.6) is 0 Å². The minimum atomic E-state index is -1.25. The number of rotatable bonds is 3. The molecule has 0 amide bonds. The summed E-state index contributed by atoms with van der Waals surface area (Å²) in [5.41, 5.74) is -2.45. The summed E-state index contributed by atoms with van der Waals surface area (Å²) in [5, 5.41) is 18.9. The fourth-order valence-corrected chi connectivity index (χ4v) is 2.28. The Kier molecular flexibility index (Phi) is 3.57. The zero-order valence-corrected chi connectivity index (χ0v) is 10.1. The van der Waals surface area contributed by atoms with Gasteiger partial charge in [0.15, 0.2) is 5.72 Å². The summed E-state index contributed by atoms with van der Waals surface area (Å²) < 4.78 is 6.70. The highest BCUT2D eigenvalue weighted by Crippen LogP contribution is 2.36. The van der Waals surface area contributed by atoms with Gasteiger partial charge in [-0.15, -0.1) is 12.3 Å². The van der Waals surface area contributed by atoms with Gasteiger partial charge in [-0.1, -0.05) is 0 Å². The number of nitrogens with one attached hydrogen (secondary N) is 1. The molecular formula is C12H14N2O5. The molecule has 1 aliphatic rings. The highest BCUT2D eigenvalue weighted by atomic mass is 16.6. The van der Waals surface area contributed by atoms with Crippen molar-refractivity contribution in [2.75, 3.05) is 6.61 Å². The van der Waals surface area contributed by atoms with E-state index in [1.807, 2.05) is 0 Å². The Bertz CT molecular complexity index is 614. The molecule has 7 heteroatoms. The summed E-state index contributed by atoms with van der Waals surface area (Å²) in [6, 6.07) is 1.17. The van der Waals surface area contributed by atoms with Gasteiger partial charge < -0.3 is 14.9 Å². The molecule has 7 nitrogen and oxygen atoms in total. The van der Waals surface area contributed by atoms with Crippen LogP contribution in [0.4, 0.5) is 0 Å². The Morgan fingerprint density at radius 1 is 1.63 bits per heavy atom. The van der Waals surface area contributed by atoms with Crippen molar-refractivity contribution in [1.82, 2.24) is 9.55 Å². The summed E-state index contributed by atoms with van der Waals surface area (Å²) in [6.45, 7) is -0.383. The molecule has 0 aliphatic carbocycles. The monoisotopic (exact) mass is 266 g/mol. The van der Waals surface area contributed by atoms with Gasteiger partial charge in [0.05, 0.1) is 19.1 Å². The maximum absolute atomic E-state index is 11.8. The first-order valence-electron chi connectivity index (χ1n) is 5.75. The minimum Gasteiger partial charge on any atom is -0.394 e. The molecule has 2 rings (SSSR count). The maximum Gasteiger partial charge on any atom is 0.330 e. The van der Waals surface area contributed by atoms with Crippen LogP contribution in [-0.4, -0.2) is 38.6 Å². The third kappa shape index (κ3) is 2.33. The molecule has 1 saturated heterocycles. The molecule has 1 aromatic rings. The van der Waals surface area contributed by atoms with Crippen molar-refractivity contribution in [2.45, 2.75) is 30.8 Å². The Morgan fingerprint density at radius 2 is 2.37 bits per heavy atom. The molecule has 0 radical (unpaired) electrons. The standard InChI is InChI=1S/C12H14N2O5/c1-2-4-12(6-8(16)9(7-15)19-12)14-5-3-10(17)13-11(14)18/h1,3,5,8-9,15-16H,4,6-7H2,(H,13,17,18)/t8-,9+,12+/m0/s1. The molecule has 0 saturated carbocycles. The first kappa shape index (κ1) is 13.5. The largest absolute Gasteiger partial charge is 0.394 e. The van der Waals surface area contributed by atoms with Crippen LogP contribution in [0.3, 0.4) is 0 Å². The van der Waals surface area contributed by atoms with Gasteiger partial charge in [-0.25, -0.2) is 4.79 Å². The summed E-state index contributed by atoms with van der Waals surface area (Å²) in [6.07, 6.45) is 4.90. The topological polar surface area (TPSA) is 105 Å². The van der Waals surface area contributed by atoms with Gasteiger partial charge in [0.1, 0.15) is 6.10 Å². The van der Waals surface area contributed by atoms with E-state index in [0.29, 0.717) is 0 Å². The first-order valence-corrected chi connectivity index (χ1v) is 5.75. The van der Waals surface area contributed by atoms with E-state index in [-0.39, 0.29) is 19.4 Å². The molecular weight excluding hydrogens is 252 g/mol. The third-order valence-corrected chi connectivity index (χ3v) is 3.15. The number of hydrogen-bond donors (Lipinski definition) is 3. The lowest BCUT2D eigenvalue weighted by Crippen LogP contribution is -2.44. The summed E-state index contributed by atoms with van der Waals surface area (Å²) in [5.74, 6) is 2.39. The molecule has 3 N–H and O–H groups in total. The van der Waals surface area contributed by atoms with Gasteiger partial charge in [0.2, 0.25) is 0 Å². The average molecular weight is 266 g/mol. The van der Waals surface area contributed by atoms with E-state index in [0.717, 1.165) is 4.57 Å². The van der Waals surface area contributed by atoms with Crippen LogP contribution >= 0.6 is 0 Å². The average Bonchev–Trinajstić information content (AvgIpc) is 2.66. The number of aliphatic hydroxyl groups is 2.